The molecule has 6 heteroatoms. The van der Waals surface area contributed by atoms with Gasteiger partial charge in [0.05, 0.1) is 11.0 Å². The Bertz CT molecular complexity index is 565. The topological polar surface area (TPSA) is 73.0 Å². The molecule has 2 rings (SSSR count). The molecule has 94 valence electrons. The summed E-state index contributed by atoms with van der Waals surface area (Å²) in [6, 6.07) is 6.42. The van der Waals surface area contributed by atoms with Crippen LogP contribution < -0.4 is 5.32 Å². The number of benzene rings is 1. The van der Waals surface area contributed by atoms with Gasteiger partial charge in [-0.2, -0.15) is 0 Å². The van der Waals surface area contributed by atoms with E-state index in [0.717, 1.165) is 5.82 Å². The van der Waals surface area contributed by atoms with Crippen molar-refractivity contribution >= 4 is 11.4 Å². The highest BCUT2D eigenvalue weighted by molar-refractivity contribution is 5.51. The summed E-state index contributed by atoms with van der Waals surface area (Å²) in [4.78, 5) is 14.5. The number of nitro groups is 1. The number of hydrogen-bond acceptors (Lipinski definition) is 4. The van der Waals surface area contributed by atoms with Crippen LogP contribution in [0.25, 0.3) is 0 Å². The van der Waals surface area contributed by atoms with Gasteiger partial charge in [0, 0.05) is 37.3 Å². The minimum atomic E-state index is -0.406. The van der Waals surface area contributed by atoms with Gasteiger partial charge in [0.2, 0.25) is 0 Å². The first-order valence-electron chi connectivity index (χ1n) is 5.56. The average molecular weight is 246 g/mol. The first-order chi connectivity index (χ1) is 8.58. The highest BCUT2D eigenvalue weighted by Crippen LogP contribution is 2.21. The largest absolute Gasteiger partial charge is 0.375 e. The molecule has 1 N–H and O–H groups in total. The Balaban J connectivity index is 2.17. The molecule has 0 spiro atoms. The van der Waals surface area contributed by atoms with Gasteiger partial charge in [-0.3, -0.25) is 10.1 Å². The standard InChI is InChI=1S/C12H14N4O2/c1-9(12-13-6-7-15(12)2)14-10-4-3-5-11(8-10)16(17)18/h3-9,14H,1-2H3. The molecule has 0 fully saturated rings. The molecule has 0 saturated heterocycles. The number of aromatic nitrogens is 2. The Morgan fingerprint density at radius 2 is 2.28 bits per heavy atom. The monoisotopic (exact) mass is 246 g/mol. The van der Waals surface area contributed by atoms with Crippen LogP contribution in [0.2, 0.25) is 0 Å². The van der Waals surface area contributed by atoms with Crippen LogP contribution >= 0.6 is 0 Å². The third-order valence-electron chi connectivity index (χ3n) is 2.69. The maximum absolute atomic E-state index is 10.7. The first kappa shape index (κ1) is 12.1. The molecule has 0 aliphatic carbocycles. The summed E-state index contributed by atoms with van der Waals surface area (Å²) in [7, 11) is 1.91. The predicted octanol–water partition coefficient (Wildman–Crippen LogP) is 2.50. The van der Waals surface area contributed by atoms with Gasteiger partial charge < -0.3 is 9.88 Å². The number of nitrogens with zero attached hydrogens (tertiary/aromatic N) is 3. The Hall–Kier alpha value is -2.37. The van der Waals surface area contributed by atoms with E-state index < -0.39 is 4.92 Å². The maximum atomic E-state index is 10.7. The van der Waals surface area contributed by atoms with Crippen LogP contribution in [0.5, 0.6) is 0 Å². The number of aryl methyl sites for hydroxylation is 1. The molecule has 0 aliphatic heterocycles. The lowest BCUT2D eigenvalue weighted by molar-refractivity contribution is -0.384. The van der Waals surface area contributed by atoms with Gasteiger partial charge in [-0.25, -0.2) is 4.98 Å². The number of anilines is 1. The lowest BCUT2D eigenvalue weighted by atomic mass is 10.2. The van der Waals surface area contributed by atoms with Gasteiger partial charge >= 0.3 is 0 Å². The third kappa shape index (κ3) is 2.48. The first-order valence-corrected chi connectivity index (χ1v) is 5.56. The quantitative estimate of drug-likeness (QED) is 0.664. The number of hydrogen-bond donors (Lipinski definition) is 1. The molecule has 1 aromatic heterocycles. The van der Waals surface area contributed by atoms with E-state index >= 15 is 0 Å². The molecule has 2 aromatic rings. The summed E-state index contributed by atoms with van der Waals surface area (Å²) >= 11 is 0. The molecule has 1 aromatic carbocycles. The van der Waals surface area contributed by atoms with Crippen molar-refractivity contribution in [3.8, 4) is 0 Å². The lowest BCUT2D eigenvalue weighted by Gasteiger charge is -2.14. The van der Waals surface area contributed by atoms with Crippen LogP contribution in [0.4, 0.5) is 11.4 Å². The van der Waals surface area contributed by atoms with Crippen molar-refractivity contribution in [3.63, 3.8) is 0 Å². The van der Waals surface area contributed by atoms with Gasteiger partial charge in [0.25, 0.3) is 5.69 Å². The molecule has 0 amide bonds. The smallest absolute Gasteiger partial charge is 0.271 e. The van der Waals surface area contributed by atoms with Gasteiger partial charge in [-0.1, -0.05) is 6.07 Å². The molecule has 6 nitrogen and oxygen atoms in total. The van der Waals surface area contributed by atoms with Crippen molar-refractivity contribution < 1.29 is 4.92 Å². The van der Waals surface area contributed by atoms with Crippen molar-refractivity contribution in [1.29, 1.82) is 0 Å². The van der Waals surface area contributed by atoms with Crippen molar-refractivity contribution in [3.05, 3.63) is 52.6 Å². The van der Waals surface area contributed by atoms with E-state index in [2.05, 4.69) is 10.3 Å². The van der Waals surface area contributed by atoms with E-state index in [-0.39, 0.29) is 11.7 Å². The van der Waals surface area contributed by atoms with E-state index in [1.165, 1.54) is 12.1 Å². The minimum Gasteiger partial charge on any atom is -0.375 e. The van der Waals surface area contributed by atoms with E-state index in [1.54, 1.807) is 18.3 Å². The van der Waals surface area contributed by atoms with E-state index in [4.69, 9.17) is 0 Å². The van der Waals surface area contributed by atoms with E-state index in [0.29, 0.717) is 5.69 Å². The van der Waals surface area contributed by atoms with Gasteiger partial charge in [-0.15, -0.1) is 0 Å². The number of nitro benzene ring substituents is 1. The highest BCUT2D eigenvalue weighted by atomic mass is 16.6. The number of rotatable bonds is 4. The summed E-state index contributed by atoms with van der Waals surface area (Å²) in [6.07, 6.45) is 3.59. The normalized spacial score (nSPS) is 12.1. The van der Waals surface area contributed by atoms with Crippen LogP contribution in [-0.2, 0) is 7.05 Å². The fraction of sp³-hybridized carbons (Fsp3) is 0.250. The SMILES string of the molecule is CC(Nc1cccc([N+](=O)[O-])c1)c1nccn1C. The maximum Gasteiger partial charge on any atom is 0.271 e. The van der Waals surface area contributed by atoms with Gasteiger partial charge in [-0.05, 0) is 13.0 Å². The van der Waals surface area contributed by atoms with Gasteiger partial charge in [0.1, 0.15) is 5.82 Å². The average Bonchev–Trinajstić information content (AvgIpc) is 2.76. The molecule has 18 heavy (non-hydrogen) atoms. The van der Waals surface area contributed by atoms with Crippen LogP contribution in [0.3, 0.4) is 0 Å². The van der Waals surface area contributed by atoms with Crippen LogP contribution in [0.15, 0.2) is 36.7 Å². The summed E-state index contributed by atoms with van der Waals surface area (Å²) < 4.78 is 1.91. The minimum absolute atomic E-state index is 0.0213. The van der Waals surface area contributed by atoms with Crippen LogP contribution in [0.1, 0.15) is 18.8 Å². The molecule has 1 heterocycles. The molecule has 1 atom stereocenters. The molecule has 1 unspecified atom stereocenters. The highest BCUT2D eigenvalue weighted by Gasteiger charge is 2.11. The Morgan fingerprint density at radius 1 is 1.50 bits per heavy atom. The molecule has 0 radical (unpaired) electrons. The van der Waals surface area contributed by atoms with Crippen molar-refractivity contribution in [2.75, 3.05) is 5.32 Å². The zero-order chi connectivity index (χ0) is 13.1. The van der Waals surface area contributed by atoms with E-state index in [9.17, 15) is 10.1 Å². The fourth-order valence-corrected chi connectivity index (χ4v) is 1.82. The van der Waals surface area contributed by atoms with Crippen molar-refractivity contribution in [2.24, 2.45) is 7.05 Å². The zero-order valence-corrected chi connectivity index (χ0v) is 10.2. The zero-order valence-electron chi connectivity index (χ0n) is 10.2. The Morgan fingerprint density at radius 3 is 2.89 bits per heavy atom. The number of non-ortho nitro benzene ring substituents is 1. The second-order valence-corrected chi connectivity index (χ2v) is 4.07. The van der Waals surface area contributed by atoms with E-state index in [1.807, 2.05) is 24.7 Å². The van der Waals surface area contributed by atoms with Crippen molar-refractivity contribution in [1.82, 2.24) is 9.55 Å². The van der Waals surface area contributed by atoms with Crippen molar-refractivity contribution in [2.45, 2.75) is 13.0 Å². The molecule has 0 aliphatic rings. The number of imidazole rings is 1. The second-order valence-electron chi connectivity index (χ2n) is 4.07. The molecular weight excluding hydrogens is 232 g/mol. The third-order valence-corrected chi connectivity index (χ3v) is 2.69. The predicted molar refractivity (Wildman–Crippen MR) is 68.3 cm³/mol. The number of nitrogens with one attached hydrogen (secondary N) is 1. The second kappa shape index (κ2) is 4.87. The van der Waals surface area contributed by atoms with Crippen LogP contribution in [0, 0.1) is 10.1 Å². The summed E-state index contributed by atoms with van der Waals surface area (Å²) in [5.41, 5.74) is 0.784. The molecular formula is C12H14N4O2. The fourth-order valence-electron chi connectivity index (χ4n) is 1.82. The lowest BCUT2D eigenvalue weighted by Crippen LogP contribution is -2.11. The van der Waals surface area contributed by atoms with Gasteiger partial charge in [0.15, 0.2) is 0 Å². The Labute approximate surface area is 104 Å². The molecule has 0 saturated carbocycles. The Kier molecular flexibility index (Phi) is 3.27. The summed E-state index contributed by atoms with van der Waals surface area (Å²) in [6.45, 7) is 1.96. The summed E-state index contributed by atoms with van der Waals surface area (Å²) in [5.74, 6) is 0.876. The summed E-state index contributed by atoms with van der Waals surface area (Å²) in [5, 5.41) is 13.9. The van der Waals surface area contributed by atoms with Crippen LogP contribution in [-0.4, -0.2) is 14.5 Å². The molecule has 0 bridgehead atoms.